The quantitative estimate of drug-likeness (QED) is 0.675. The molecule has 1 aliphatic rings. The van der Waals surface area contributed by atoms with E-state index in [4.69, 9.17) is 4.74 Å². The van der Waals surface area contributed by atoms with Gasteiger partial charge in [0, 0.05) is 19.4 Å². The zero-order valence-electron chi connectivity index (χ0n) is 13.3. The van der Waals surface area contributed by atoms with E-state index in [0.29, 0.717) is 5.92 Å². The van der Waals surface area contributed by atoms with Gasteiger partial charge in [-0.05, 0) is 32.6 Å². The van der Waals surface area contributed by atoms with Crippen LogP contribution in [-0.4, -0.2) is 46.3 Å². The number of aliphatic hydroxyl groups excluding tert-OH is 2. The maximum atomic E-state index is 10.6. The normalized spacial score (nSPS) is 39.4. The van der Waals surface area contributed by atoms with Crippen molar-refractivity contribution in [3.8, 4) is 0 Å². The molecule has 3 N–H and O–H groups in total. The van der Waals surface area contributed by atoms with Crippen molar-refractivity contribution in [1.29, 1.82) is 0 Å². The maximum Gasteiger partial charge on any atom is 0.107 e. The van der Waals surface area contributed by atoms with Crippen LogP contribution in [0.2, 0.25) is 0 Å². The summed E-state index contributed by atoms with van der Waals surface area (Å²) in [6.45, 7) is 8.03. The summed E-state index contributed by atoms with van der Waals surface area (Å²) < 4.78 is 5.36. The van der Waals surface area contributed by atoms with Crippen LogP contribution in [0.25, 0.3) is 0 Å². The first kappa shape index (κ1) is 17.6. The van der Waals surface area contributed by atoms with E-state index >= 15 is 0 Å². The summed E-state index contributed by atoms with van der Waals surface area (Å²) in [5, 5.41) is 30.6. The molecule has 1 unspecified atom stereocenters. The highest BCUT2D eigenvalue weighted by atomic mass is 16.5. The summed E-state index contributed by atoms with van der Waals surface area (Å²) in [5.74, 6) is 0.342. The van der Waals surface area contributed by atoms with Crippen molar-refractivity contribution < 1.29 is 20.1 Å². The summed E-state index contributed by atoms with van der Waals surface area (Å²) in [5.41, 5.74) is -0.0500. The predicted octanol–water partition coefficient (Wildman–Crippen LogP) is 1.88. The fraction of sp³-hybridized carbons (Fsp3) is 0.875. The smallest absolute Gasteiger partial charge is 0.107 e. The van der Waals surface area contributed by atoms with Gasteiger partial charge >= 0.3 is 0 Å². The molecule has 0 aromatic heterocycles. The Morgan fingerprint density at radius 1 is 1.40 bits per heavy atom. The van der Waals surface area contributed by atoms with E-state index in [2.05, 4.69) is 19.9 Å². The lowest BCUT2D eigenvalue weighted by Crippen LogP contribution is -2.59. The number of methoxy groups -OCH3 is 1. The molecule has 1 saturated carbocycles. The first-order chi connectivity index (χ1) is 9.20. The molecule has 20 heavy (non-hydrogen) atoms. The molecule has 1 rings (SSSR count). The zero-order valence-corrected chi connectivity index (χ0v) is 13.3. The lowest BCUT2D eigenvalue weighted by molar-refractivity contribution is -0.184. The van der Waals surface area contributed by atoms with E-state index in [-0.39, 0.29) is 12.3 Å². The number of ether oxygens (including phenoxy) is 1. The molecule has 0 spiro atoms. The second-order valence-electron chi connectivity index (χ2n) is 6.72. The highest BCUT2D eigenvalue weighted by molar-refractivity contribution is 5.16. The Morgan fingerprint density at radius 3 is 2.50 bits per heavy atom. The topological polar surface area (TPSA) is 69.9 Å². The van der Waals surface area contributed by atoms with Crippen LogP contribution in [0.3, 0.4) is 0 Å². The van der Waals surface area contributed by atoms with E-state index in [9.17, 15) is 15.3 Å². The Kier molecular flexibility index (Phi) is 6.20. The highest BCUT2D eigenvalue weighted by Crippen LogP contribution is 2.40. The number of allylic oxidation sites excluding steroid dienone is 1. The van der Waals surface area contributed by atoms with E-state index in [1.807, 2.05) is 6.92 Å². The third-order valence-corrected chi connectivity index (χ3v) is 4.32. The van der Waals surface area contributed by atoms with E-state index in [0.717, 1.165) is 18.4 Å². The summed E-state index contributed by atoms with van der Waals surface area (Å²) in [6.07, 6.45) is 1.83. The van der Waals surface area contributed by atoms with Crippen LogP contribution in [-0.2, 0) is 4.74 Å². The minimum Gasteiger partial charge on any atom is -0.390 e. The van der Waals surface area contributed by atoms with Crippen LogP contribution in [0.4, 0.5) is 0 Å². The van der Waals surface area contributed by atoms with Gasteiger partial charge in [0.25, 0.3) is 0 Å². The molecular formula is C16H30O4. The molecule has 4 heteroatoms. The van der Waals surface area contributed by atoms with Gasteiger partial charge < -0.3 is 20.1 Å². The zero-order chi connectivity index (χ0) is 15.5. The van der Waals surface area contributed by atoms with Crippen LogP contribution >= 0.6 is 0 Å². The molecular weight excluding hydrogens is 256 g/mol. The molecule has 118 valence electrons. The lowest BCUT2D eigenvalue weighted by Gasteiger charge is -2.47. The van der Waals surface area contributed by atoms with Crippen LogP contribution in [0.15, 0.2) is 11.6 Å². The van der Waals surface area contributed by atoms with Crippen molar-refractivity contribution in [3.63, 3.8) is 0 Å². The lowest BCUT2D eigenvalue weighted by atomic mass is 9.68. The van der Waals surface area contributed by atoms with Gasteiger partial charge in [-0.3, -0.25) is 0 Å². The van der Waals surface area contributed by atoms with Crippen molar-refractivity contribution in [1.82, 2.24) is 0 Å². The molecule has 4 nitrogen and oxygen atoms in total. The molecule has 0 aromatic rings. The third kappa shape index (κ3) is 4.04. The molecule has 0 aromatic carbocycles. The molecule has 1 fully saturated rings. The number of hydrogen-bond acceptors (Lipinski definition) is 4. The minimum absolute atomic E-state index is 0.161. The summed E-state index contributed by atoms with van der Waals surface area (Å²) in [4.78, 5) is 0. The Hall–Kier alpha value is -0.420. The SMILES string of the molecule is CO[C@@H]1[C@H](O)C(O)C[C@@](C)(O)[C@H]1/C(C)=C/CCC(C)C. The Labute approximate surface area is 122 Å². The molecule has 0 bridgehead atoms. The first-order valence-electron chi connectivity index (χ1n) is 7.48. The van der Waals surface area contributed by atoms with Crippen molar-refractivity contribution in [2.24, 2.45) is 11.8 Å². The fourth-order valence-corrected chi connectivity index (χ4v) is 3.24. The van der Waals surface area contributed by atoms with Gasteiger partial charge in [-0.25, -0.2) is 0 Å². The second kappa shape index (κ2) is 7.03. The monoisotopic (exact) mass is 286 g/mol. The number of rotatable bonds is 5. The fourth-order valence-electron chi connectivity index (χ4n) is 3.24. The van der Waals surface area contributed by atoms with Gasteiger partial charge in [0.1, 0.15) is 6.10 Å². The van der Waals surface area contributed by atoms with Crippen LogP contribution in [0.1, 0.15) is 47.0 Å². The second-order valence-corrected chi connectivity index (χ2v) is 6.72. The molecule has 0 saturated heterocycles. The summed E-state index contributed by atoms with van der Waals surface area (Å²) >= 11 is 0. The van der Waals surface area contributed by atoms with Gasteiger partial charge in [-0.1, -0.05) is 25.5 Å². The van der Waals surface area contributed by atoms with Crippen LogP contribution < -0.4 is 0 Å². The molecule has 0 heterocycles. The predicted molar refractivity (Wildman–Crippen MR) is 79.4 cm³/mol. The number of hydrogen-bond donors (Lipinski definition) is 3. The van der Waals surface area contributed by atoms with Gasteiger partial charge in [0.2, 0.25) is 0 Å². The summed E-state index contributed by atoms with van der Waals surface area (Å²) in [7, 11) is 1.51. The van der Waals surface area contributed by atoms with Gasteiger partial charge in [-0.2, -0.15) is 0 Å². The molecule has 0 amide bonds. The third-order valence-electron chi connectivity index (χ3n) is 4.32. The van der Waals surface area contributed by atoms with Crippen LogP contribution in [0.5, 0.6) is 0 Å². The van der Waals surface area contributed by atoms with Gasteiger partial charge in [0.05, 0.1) is 17.8 Å². The van der Waals surface area contributed by atoms with E-state index < -0.39 is 23.9 Å². The van der Waals surface area contributed by atoms with E-state index in [1.54, 1.807) is 6.92 Å². The maximum absolute atomic E-state index is 10.6. The van der Waals surface area contributed by atoms with Crippen molar-refractivity contribution in [2.45, 2.75) is 70.9 Å². The van der Waals surface area contributed by atoms with Crippen LogP contribution in [0, 0.1) is 11.8 Å². The molecule has 1 aliphatic carbocycles. The Bertz CT molecular complexity index is 335. The first-order valence-corrected chi connectivity index (χ1v) is 7.48. The number of aliphatic hydroxyl groups is 3. The highest BCUT2D eigenvalue weighted by Gasteiger charge is 2.50. The molecule has 0 radical (unpaired) electrons. The van der Waals surface area contributed by atoms with Crippen molar-refractivity contribution in [2.75, 3.05) is 7.11 Å². The summed E-state index contributed by atoms with van der Waals surface area (Å²) in [6, 6.07) is 0. The van der Waals surface area contributed by atoms with Crippen molar-refractivity contribution in [3.05, 3.63) is 11.6 Å². The molecule has 5 atom stereocenters. The minimum atomic E-state index is -1.07. The van der Waals surface area contributed by atoms with Gasteiger partial charge in [-0.15, -0.1) is 0 Å². The average molecular weight is 286 g/mol. The molecule has 0 aliphatic heterocycles. The standard InChI is InChI=1S/C16H30O4/c1-10(2)7-6-8-11(3)13-15(20-5)14(18)12(17)9-16(13,4)19/h8,10,12-15,17-19H,6-7,9H2,1-5H3/b11-8+/t12?,13-,14+,15-,16+/m0/s1. The van der Waals surface area contributed by atoms with E-state index in [1.165, 1.54) is 7.11 Å². The van der Waals surface area contributed by atoms with Gasteiger partial charge in [0.15, 0.2) is 0 Å². The van der Waals surface area contributed by atoms with Crippen molar-refractivity contribution >= 4 is 0 Å². The largest absolute Gasteiger partial charge is 0.390 e. The average Bonchev–Trinajstić information content (AvgIpc) is 2.31. The Balaban J connectivity index is 2.91. The Morgan fingerprint density at radius 2 is 2.00 bits per heavy atom.